The van der Waals surface area contributed by atoms with Crippen molar-refractivity contribution in [2.45, 2.75) is 96.4 Å². The van der Waals surface area contributed by atoms with Crippen molar-refractivity contribution in [1.82, 2.24) is 4.98 Å². The Bertz CT molecular complexity index is 617. The van der Waals surface area contributed by atoms with Gasteiger partial charge in [0.1, 0.15) is 0 Å². The number of anilines is 3. The van der Waals surface area contributed by atoms with Crippen LogP contribution in [0.1, 0.15) is 83.7 Å². The van der Waals surface area contributed by atoms with Gasteiger partial charge in [0.15, 0.2) is 0 Å². The summed E-state index contributed by atoms with van der Waals surface area (Å²) in [5, 5.41) is 39.5. The molecule has 1 heterocycles. The molecule has 0 saturated heterocycles. The van der Waals surface area contributed by atoms with Crippen molar-refractivity contribution in [2.75, 3.05) is 35.6 Å². The van der Waals surface area contributed by atoms with Crippen LogP contribution in [0, 0.1) is 0 Å². The zero-order chi connectivity index (χ0) is 21.9. The first-order chi connectivity index (χ1) is 14.4. The molecule has 0 aliphatic heterocycles. The smallest absolute Gasteiger partial charge is 0.0846 e. The van der Waals surface area contributed by atoms with Crippen LogP contribution in [0.25, 0.3) is 0 Å². The van der Waals surface area contributed by atoms with Crippen LogP contribution in [0.3, 0.4) is 0 Å². The Morgan fingerprint density at radius 3 is 1.83 bits per heavy atom. The number of nitrogens with one attached hydrogen (secondary N) is 3. The minimum Gasteiger partial charge on any atom is -0.393 e. The van der Waals surface area contributed by atoms with Crippen molar-refractivity contribution in [3.05, 3.63) is 11.9 Å². The molecule has 1 saturated carbocycles. The summed E-state index contributed by atoms with van der Waals surface area (Å²) < 4.78 is 0. The Morgan fingerprint density at radius 2 is 1.30 bits per heavy atom. The molecule has 0 aromatic carbocycles. The van der Waals surface area contributed by atoms with Gasteiger partial charge in [-0.05, 0) is 52.9 Å². The van der Waals surface area contributed by atoms with Gasteiger partial charge in [0.2, 0.25) is 0 Å². The third-order valence-corrected chi connectivity index (χ3v) is 5.71. The van der Waals surface area contributed by atoms with E-state index in [-0.39, 0.29) is 18.3 Å². The zero-order valence-electron chi connectivity index (χ0n) is 19.0. The molecule has 0 spiro atoms. The summed E-state index contributed by atoms with van der Waals surface area (Å²) in [6, 6.07) is 0. The summed E-state index contributed by atoms with van der Waals surface area (Å²) in [7, 11) is 0. The number of rotatable bonds is 13. The quantitative estimate of drug-likeness (QED) is 0.288. The van der Waals surface area contributed by atoms with Crippen LogP contribution in [-0.2, 0) is 0 Å². The highest BCUT2D eigenvalue weighted by Gasteiger charge is 2.24. The number of hydrogen-bond acceptors (Lipinski definition) is 7. The Kier molecular flexibility index (Phi) is 10.7. The minimum atomic E-state index is -0.365. The van der Waals surface area contributed by atoms with E-state index >= 15 is 0 Å². The van der Waals surface area contributed by atoms with E-state index in [1.807, 2.05) is 6.20 Å². The zero-order valence-corrected chi connectivity index (χ0v) is 19.0. The van der Waals surface area contributed by atoms with E-state index in [2.05, 4.69) is 16.0 Å². The summed E-state index contributed by atoms with van der Waals surface area (Å²) in [5.74, 6) is 0.441. The first-order valence-electron chi connectivity index (χ1n) is 11.7. The second kappa shape index (κ2) is 13.0. The first kappa shape index (κ1) is 24.7. The molecule has 1 fully saturated rings. The molecule has 1 aromatic heterocycles. The van der Waals surface area contributed by atoms with E-state index in [0.29, 0.717) is 44.8 Å². The lowest BCUT2D eigenvalue weighted by atomic mass is 9.85. The SMILES string of the molecule is CC(O)CCNc1cnc(C2CCCCC2)c(NCCC(C)O)c1NCCC(C)O. The second-order valence-corrected chi connectivity index (χ2v) is 8.84. The maximum Gasteiger partial charge on any atom is 0.0846 e. The average molecular weight is 423 g/mol. The molecule has 6 N–H and O–H groups in total. The summed E-state index contributed by atoms with van der Waals surface area (Å²) in [6.45, 7) is 7.36. The van der Waals surface area contributed by atoms with Crippen molar-refractivity contribution >= 4 is 17.1 Å². The number of hydrogen-bond donors (Lipinski definition) is 6. The normalized spacial score (nSPS) is 17.9. The molecular weight excluding hydrogens is 380 g/mol. The highest BCUT2D eigenvalue weighted by atomic mass is 16.3. The molecular formula is C23H42N4O3. The van der Waals surface area contributed by atoms with Crippen LogP contribution >= 0.6 is 0 Å². The number of pyridine rings is 1. The van der Waals surface area contributed by atoms with Gasteiger partial charge >= 0.3 is 0 Å². The summed E-state index contributed by atoms with van der Waals surface area (Å²) in [4.78, 5) is 4.86. The van der Waals surface area contributed by atoms with Gasteiger partial charge in [-0.25, -0.2) is 0 Å². The molecule has 0 bridgehead atoms. The second-order valence-electron chi connectivity index (χ2n) is 8.84. The van der Waals surface area contributed by atoms with Gasteiger partial charge in [0.25, 0.3) is 0 Å². The highest BCUT2D eigenvalue weighted by molar-refractivity contribution is 5.84. The van der Waals surface area contributed by atoms with E-state index in [0.717, 1.165) is 35.6 Å². The highest BCUT2D eigenvalue weighted by Crippen LogP contribution is 2.41. The fourth-order valence-electron chi connectivity index (χ4n) is 3.94. The van der Waals surface area contributed by atoms with Gasteiger partial charge in [-0.2, -0.15) is 0 Å². The van der Waals surface area contributed by atoms with E-state index < -0.39 is 0 Å². The predicted molar refractivity (Wildman–Crippen MR) is 124 cm³/mol. The molecule has 1 aliphatic rings. The van der Waals surface area contributed by atoms with Crippen molar-refractivity contribution in [2.24, 2.45) is 0 Å². The third kappa shape index (κ3) is 8.28. The third-order valence-electron chi connectivity index (χ3n) is 5.71. The summed E-state index contributed by atoms with van der Waals surface area (Å²) >= 11 is 0. The molecule has 2 rings (SSSR count). The molecule has 3 atom stereocenters. The summed E-state index contributed by atoms with van der Waals surface area (Å²) in [5.41, 5.74) is 3.99. The van der Waals surface area contributed by atoms with Gasteiger partial charge in [-0.15, -0.1) is 0 Å². The van der Waals surface area contributed by atoms with Crippen molar-refractivity contribution in [3.8, 4) is 0 Å². The standard InChI is InChI=1S/C23H42N4O3/c1-16(28)9-12-24-20-15-27-21(19-7-5-4-6-8-19)23(26-14-11-18(3)30)22(20)25-13-10-17(2)29/h15-19,24,26,28-30H,4-14H2,1-3H3,(H,25,27). The van der Waals surface area contributed by atoms with Gasteiger partial charge in [-0.3, -0.25) is 4.98 Å². The van der Waals surface area contributed by atoms with Crippen molar-refractivity contribution in [1.29, 1.82) is 0 Å². The lowest BCUT2D eigenvalue weighted by molar-refractivity contribution is 0.188. The summed E-state index contributed by atoms with van der Waals surface area (Å²) in [6.07, 6.45) is 8.86. The topological polar surface area (TPSA) is 110 Å². The molecule has 7 heteroatoms. The van der Waals surface area contributed by atoms with Crippen LogP contribution < -0.4 is 16.0 Å². The Hall–Kier alpha value is -1.57. The average Bonchev–Trinajstić information content (AvgIpc) is 2.69. The van der Waals surface area contributed by atoms with Crippen LogP contribution in [0.2, 0.25) is 0 Å². The van der Waals surface area contributed by atoms with E-state index in [1.165, 1.54) is 19.3 Å². The van der Waals surface area contributed by atoms with Crippen LogP contribution in [-0.4, -0.2) is 58.2 Å². The molecule has 0 amide bonds. The van der Waals surface area contributed by atoms with Crippen molar-refractivity contribution in [3.63, 3.8) is 0 Å². The molecule has 172 valence electrons. The first-order valence-corrected chi connectivity index (χ1v) is 11.7. The lowest BCUT2D eigenvalue weighted by Gasteiger charge is -2.27. The maximum atomic E-state index is 9.71. The van der Waals surface area contributed by atoms with E-state index in [4.69, 9.17) is 4.98 Å². The van der Waals surface area contributed by atoms with E-state index in [9.17, 15) is 15.3 Å². The fourth-order valence-corrected chi connectivity index (χ4v) is 3.94. The van der Waals surface area contributed by atoms with Crippen LogP contribution in [0.4, 0.5) is 17.1 Å². The Labute approximate surface area is 181 Å². The van der Waals surface area contributed by atoms with Gasteiger partial charge < -0.3 is 31.3 Å². The largest absolute Gasteiger partial charge is 0.393 e. The minimum absolute atomic E-state index is 0.359. The number of aromatic nitrogens is 1. The fraction of sp³-hybridized carbons (Fsp3) is 0.783. The van der Waals surface area contributed by atoms with E-state index in [1.54, 1.807) is 20.8 Å². The molecule has 30 heavy (non-hydrogen) atoms. The number of nitrogens with zero attached hydrogens (tertiary/aromatic N) is 1. The van der Waals surface area contributed by atoms with Gasteiger partial charge in [-0.1, -0.05) is 19.3 Å². The maximum absolute atomic E-state index is 9.71. The molecule has 7 nitrogen and oxygen atoms in total. The number of aliphatic hydroxyl groups is 3. The molecule has 1 aliphatic carbocycles. The molecule has 0 radical (unpaired) electrons. The number of aliphatic hydroxyl groups excluding tert-OH is 3. The lowest BCUT2D eigenvalue weighted by Crippen LogP contribution is -2.19. The van der Waals surface area contributed by atoms with Gasteiger partial charge in [0, 0.05) is 25.6 Å². The van der Waals surface area contributed by atoms with Crippen molar-refractivity contribution < 1.29 is 15.3 Å². The molecule has 1 aromatic rings. The monoisotopic (exact) mass is 422 g/mol. The van der Waals surface area contributed by atoms with Crippen LogP contribution in [0.15, 0.2) is 6.20 Å². The Morgan fingerprint density at radius 1 is 0.800 bits per heavy atom. The molecule has 3 unspecified atom stereocenters. The van der Waals surface area contributed by atoms with Gasteiger partial charge in [0.05, 0.1) is 47.3 Å². The predicted octanol–water partition coefficient (Wildman–Crippen LogP) is 3.68. The van der Waals surface area contributed by atoms with Crippen LogP contribution in [0.5, 0.6) is 0 Å². The Balaban J connectivity index is 2.32.